The van der Waals surface area contributed by atoms with Crippen LogP contribution in [0.5, 0.6) is 0 Å². The Morgan fingerprint density at radius 3 is 2.63 bits per heavy atom. The molecule has 0 atom stereocenters. The maximum Gasteiger partial charge on any atom is 0.293 e. The fraction of sp³-hybridized carbons (Fsp3) is 0.286. The highest BCUT2D eigenvalue weighted by atomic mass is 19.1. The molecule has 19 heavy (non-hydrogen) atoms. The van der Waals surface area contributed by atoms with E-state index >= 15 is 0 Å². The fourth-order valence-electron chi connectivity index (χ4n) is 1.75. The molecule has 0 fully saturated rings. The average molecular weight is 260 g/mol. The van der Waals surface area contributed by atoms with Gasteiger partial charge in [-0.3, -0.25) is 0 Å². The van der Waals surface area contributed by atoms with Crippen molar-refractivity contribution in [2.45, 2.75) is 26.2 Å². The molecule has 0 spiro atoms. The third-order valence-electron chi connectivity index (χ3n) is 2.79. The molecule has 0 bridgehead atoms. The van der Waals surface area contributed by atoms with Crippen LogP contribution in [0.1, 0.15) is 26.6 Å². The topological polar surface area (TPSA) is 52.1 Å². The number of benzene rings is 1. The van der Waals surface area contributed by atoms with Gasteiger partial charge >= 0.3 is 0 Å². The lowest BCUT2D eigenvalue weighted by molar-refractivity contribution is 0.395. The highest BCUT2D eigenvalue weighted by Gasteiger charge is 2.22. The molecule has 0 N–H and O–H groups in total. The summed E-state index contributed by atoms with van der Waals surface area (Å²) in [6.07, 6.45) is 0. The number of fused-ring (bicyclic) bond motifs is 1. The van der Waals surface area contributed by atoms with Gasteiger partial charge in [0.05, 0.1) is 0 Å². The molecule has 1 aromatic carbocycles. The van der Waals surface area contributed by atoms with E-state index in [1.54, 1.807) is 12.1 Å². The van der Waals surface area contributed by atoms with Crippen LogP contribution in [-0.4, -0.2) is 10.1 Å². The van der Waals surface area contributed by atoms with Crippen molar-refractivity contribution in [1.82, 2.24) is 10.1 Å². The van der Waals surface area contributed by atoms with Crippen molar-refractivity contribution in [3.05, 3.63) is 35.9 Å². The lowest BCUT2D eigenvalue weighted by Crippen LogP contribution is -2.13. The molecule has 0 saturated carbocycles. The van der Waals surface area contributed by atoms with Crippen molar-refractivity contribution in [2.24, 2.45) is 0 Å². The van der Waals surface area contributed by atoms with Gasteiger partial charge in [-0.2, -0.15) is 4.98 Å². The zero-order valence-electron chi connectivity index (χ0n) is 10.9. The number of hydrogen-bond acceptors (Lipinski definition) is 4. The molecule has 3 aromatic rings. The standard InChI is InChI=1S/C14H13FN2O2/c1-14(2,3)13-16-12(19-17-13)11-7-8-6-9(15)4-5-10(8)18-11/h4-7H,1-3H3. The molecule has 4 nitrogen and oxygen atoms in total. The third-order valence-corrected chi connectivity index (χ3v) is 2.79. The van der Waals surface area contributed by atoms with Gasteiger partial charge in [-0.25, -0.2) is 4.39 Å². The Balaban J connectivity index is 2.07. The quantitative estimate of drug-likeness (QED) is 0.665. The second-order valence-electron chi connectivity index (χ2n) is 5.47. The van der Waals surface area contributed by atoms with Crippen molar-refractivity contribution < 1.29 is 13.3 Å². The summed E-state index contributed by atoms with van der Waals surface area (Å²) in [5.41, 5.74) is 0.395. The normalized spacial score (nSPS) is 12.2. The predicted octanol–water partition coefficient (Wildman–Crippen LogP) is 3.92. The van der Waals surface area contributed by atoms with Crippen LogP contribution in [0, 0.1) is 5.82 Å². The highest BCUT2D eigenvalue weighted by Crippen LogP contribution is 2.29. The van der Waals surface area contributed by atoms with Gasteiger partial charge in [-0.05, 0) is 24.3 Å². The van der Waals surface area contributed by atoms with Crippen molar-refractivity contribution in [2.75, 3.05) is 0 Å². The summed E-state index contributed by atoms with van der Waals surface area (Å²) in [6, 6.07) is 6.03. The zero-order chi connectivity index (χ0) is 13.6. The molecule has 0 aliphatic heterocycles. The summed E-state index contributed by atoms with van der Waals surface area (Å²) in [7, 11) is 0. The van der Waals surface area contributed by atoms with Gasteiger partial charge in [0.2, 0.25) is 0 Å². The van der Waals surface area contributed by atoms with Crippen LogP contribution in [0.4, 0.5) is 4.39 Å². The summed E-state index contributed by atoms with van der Waals surface area (Å²) in [5, 5.41) is 4.60. The van der Waals surface area contributed by atoms with Crippen LogP contribution in [0.2, 0.25) is 0 Å². The maximum atomic E-state index is 13.1. The molecule has 0 saturated heterocycles. The lowest BCUT2D eigenvalue weighted by Gasteiger charge is -2.10. The van der Waals surface area contributed by atoms with Gasteiger partial charge in [-0.15, -0.1) is 0 Å². The van der Waals surface area contributed by atoms with Crippen molar-refractivity contribution in [3.8, 4) is 11.7 Å². The SMILES string of the molecule is CC(C)(C)c1noc(-c2cc3cc(F)ccc3o2)n1. The monoisotopic (exact) mass is 260 g/mol. The summed E-state index contributed by atoms with van der Waals surface area (Å²) < 4.78 is 23.9. The van der Waals surface area contributed by atoms with Gasteiger partial charge < -0.3 is 8.94 Å². The number of halogens is 1. The molecule has 0 aliphatic rings. The number of furan rings is 1. The first-order valence-corrected chi connectivity index (χ1v) is 5.97. The first-order chi connectivity index (χ1) is 8.93. The Bertz CT molecular complexity index is 737. The second-order valence-corrected chi connectivity index (χ2v) is 5.47. The van der Waals surface area contributed by atoms with Crippen LogP contribution in [0.25, 0.3) is 22.6 Å². The highest BCUT2D eigenvalue weighted by molar-refractivity contribution is 5.81. The van der Waals surface area contributed by atoms with E-state index in [1.807, 2.05) is 20.8 Å². The third kappa shape index (κ3) is 2.12. The number of aromatic nitrogens is 2. The van der Waals surface area contributed by atoms with E-state index in [4.69, 9.17) is 8.94 Å². The van der Waals surface area contributed by atoms with E-state index in [2.05, 4.69) is 10.1 Å². The molecule has 2 aromatic heterocycles. The first kappa shape index (κ1) is 11.9. The Morgan fingerprint density at radius 1 is 1.16 bits per heavy atom. The van der Waals surface area contributed by atoms with E-state index in [0.29, 0.717) is 28.4 Å². The summed E-state index contributed by atoms with van der Waals surface area (Å²) in [5.74, 6) is 1.06. The maximum absolute atomic E-state index is 13.1. The molecule has 3 rings (SSSR count). The molecular formula is C14H13FN2O2. The smallest absolute Gasteiger partial charge is 0.293 e. The van der Waals surface area contributed by atoms with E-state index in [1.165, 1.54) is 12.1 Å². The largest absolute Gasteiger partial charge is 0.451 e. The number of nitrogens with zero attached hydrogens (tertiary/aromatic N) is 2. The van der Waals surface area contributed by atoms with Crippen LogP contribution in [0.15, 0.2) is 33.2 Å². The van der Waals surface area contributed by atoms with Crippen molar-refractivity contribution in [3.63, 3.8) is 0 Å². The second kappa shape index (κ2) is 3.91. The van der Waals surface area contributed by atoms with E-state index in [-0.39, 0.29) is 11.2 Å². The summed E-state index contributed by atoms with van der Waals surface area (Å²) in [4.78, 5) is 4.30. The molecule has 0 amide bonds. The molecule has 5 heteroatoms. The predicted molar refractivity (Wildman–Crippen MR) is 68.2 cm³/mol. The average Bonchev–Trinajstić information content (AvgIpc) is 2.92. The minimum atomic E-state index is -0.305. The van der Waals surface area contributed by atoms with Gasteiger partial charge in [0.15, 0.2) is 11.6 Å². The van der Waals surface area contributed by atoms with Gasteiger partial charge in [0.1, 0.15) is 11.4 Å². The van der Waals surface area contributed by atoms with Crippen LogP contribution < -0.4 is 0 Å². The van der Waals surface area contributed by atoms with Gasteiger partial charge in [-0.1, -0.05) is 25.9 Å². The molecule has 0 radical (unpaired) electrons. The van der Waals surface area contributed by atoms with Gasteiger partial charge in [0.25, 0.3) is 5.89 Å². The summed E-state index contributed by atoms with van der Waals surface area (Å²) >= 11 is 0. The van der Waals surface area contributed by atoms with Crippen LogP contribution >= 0.6 is 0 Å². The first-order valence-electron chi connectivity index (χ1n) is 5.97. The lowest BCUT2D eigenvalue weighted by atomic mass is 9.96. The Morgan fingerprint density at radius 2 is 1.95 bits per heavy atom. The fourth-order valence-corrected chi connectivity index (χ4v) is 1.75. The van der Waals surface area contributed by atoms with Crippen LogP contribution in [-0.2, 0) is 5.41 Å². The number of rotatable bonds is 1. The molecule has 2 heterocycles. The molecule has 98 valence electrons. The van der Waals surface area contributed by atoms with Gasteiger partial charge in [0, 0.05) is 10.8 Å². The molecule has 0 unspecified atom stereocenters. The Hall–Kier alpha value is -2.17. The number of hydrogen-bond donors (Lipinski definition) is 0. The Kier molecular flexibility index (Phi) is 2.45. The minimum Gasteiger partial charge on any atom is -0.451 e. The van der Waals surface area contributed by atoms with E-state index in [9.17, 15) is 4.39 Å². The summed E-state index contributed by atoms with van der Waals surface area (Å²) in [6.45, 7) is 5.99. The van der Waals surface area contributed by atoms with E-state index in [0.717, 1.165) is 0 Å². The van der Waals surface area contributed by atoms with E-state index < -0.39 is 0 Å². The van der Waals surface area contributed by atoms with Crippen molar-refractivity contribution >= 4 is 11.0 Å². The van der Waals surface area contributed by atoms with Crippen molar-refractivity contribution in [1.29, 1.82) is 0 Å². The zero-order valence-corrected chi connectivity index (χ0v) is 10.9. The molecule has 0 aliphatic carbocycles. The Labute approximate surface area is 109 Å². The molecular weight excluding hydrogens is 247 g/mol. The minimum absolute atomic E-state index is 0.195. The van der Waals surface area contributed by atoms with Crippen LogP contribution in [0.3, 0.4) is 0 Å².